The van der Waals surface area contributed by atoms with Crippen LogP contribution in [0.3, 0.4) is 0 Å². The molecule has 0 spiro atoms. The maximum absolute atomic E-state index is 13.5. The molecule has 0 saturated carbocycles. The zero-order valence-electron chi connectivity index (χ0n) is 26.3. The topological polar surface area (TPSA) is 128 Å². The lowest BCUT2D eigenvalue weighted by Crippen LogP contribution is -2.38. The molecule has 0 atom stereocenters. The molecule has 1 aromatic carbocycles. The van der Waals surface area contributed by atoms with Crippen LogP contribution >= 0.6 is 54.8 Å². The Balaban J connectivity index is 1.08. The van der Waals surface area contributed by atoms with E-state index in [1.807, 2.05) is 30.3 Å². The zero-order chi connectivity index (χ0) is 34.5. The number of rotatable bonds is 14. The average molecular weight is 867 g/mol. The molecule has 1 N–H and O–H groups in total. The molecule has 262 valence electrons. The van der Waals surface area contributed by atoms with Crippen molar-refractivity contribution in [1.29, 1.82) is 0 Å². The number of hydrogen-bond donors (Lipinski definition) is 1. The van der Waals surface area contributed by atoms with Gasteiger partial charge in [-0.3, -0.25) is 4.79 Å². The Morgan fingerprint density at radius 3 is 2.15 bits per heavy atom. The zero-order valence-corrected chi connectivity index (χ0v) is 32.7. The molecule has 2 aromatic heterocycles. The fourth-order valence-corrected chi connectivity index (χ4v) is 12.5. The number of pyridine rings is 1. The number of piperidine rings is 2. The van der Waals surface area contributed by atoms with Gasteiger partial charge in [-0.25, -0.2) is 21.8 Å². The first-order chi connectivity index (χ1) is 22.8. The van der Waals surface area contributed by atoms with Crippen LogP contribution in [0.4, 0.5) is 5.82 Å². The van der Waals surface area contributed by atoms with E-state index in [9.17, 15) is 26.7 Å². The summed E-state index contributed by atoms with van der Waals surface area (Å²) in [7, 11) is -7.60. The van der Waals surface area contributed by atoms with E-state index in [0.29, 0.717) is 50.4 Å². The maximum atomic E-state index is 13.5. The van der Waals surface area contributed by atoms with Crippen LogP contribution in [-0.4, -0.2) is 80.8 Å². The number of halogens is 3. The number of hydrogen-bond acceptors (Lipinski definition) is 8. The smallest absolute Gasteiger partial charge is 0.318 e. The van der Waals surface area contributed by atoms with Gasteiger partial charge in [-0.15, -0.1) is 11.3 Å². The first-order valence-corrected chi connectivity index (χ1v) is 21.6. The van der Waals surface area contributed by atoms with Crippen LogP contribution in [0, 0.1) is 11.8 Å². The summed E-state index contributed by atoms with van der Waals surface area (Å²) in [6.45, 7) is 2.09. The van der Waals surface area contributed by atoms with Crippen LogP contribution in [0.25, 0.3) is 0 Å². The minimum absolute atomic E-state index is 0.0380. The van der Waals surface area contributed by atoms with Crippen LogP contribution in [0.1, 0.15) is 50.5 Å². The van der Waals surface area contributed by atoms with Crippen molar-refractivity contribution in [2.45, 2.75) is 60.5 Å². The molecular formula is C32H39Br2ClN4O6S3. The molecule has 2 fully saturated rings. The Morgan fingerprint density at radius 2 is 1.58 bits per heavy atom. The van der Waals surface area contributed by atoms with Gasteiger partial charge in [0.15, 0.2) is 0 Å². The average Bonchev–Trinajstić information content (AvgIpc) is 3.42. The van der Waals surface area contributed by atoms with Gasteiger partial charge < -0.3 is 10.0 Å². The lowest BCUT2D eigenvalue weighted by Gasteiger charge is -2.34. The predicted octanol–water partition coefficient (Wildman–Crippen LogP) is 7.13. The van der Waals surface area contributed by atoms with Crippen LogP contribution in [0.5, 0.6) is 0 Å². The summed E-state index contributed by atoms with van der Waals surface area (Å²) >= 11 is 14.0. The summed E-state index contributed by atoms with van der Waals surface area (Å²) in [6.07, 6.45) is 8.80. The van der Waals surface area contributed by atoms with Crippen molar-refractivity contribution in [1.82, 2.24) is 13.6 Å². The van der Waals surface area contributed by atoms with Crippen molar-refractivity contribution in [3.63, 3.8) is 0 Å². The number of aromatic nitrogens is 1. The fourth-order valence-electron chi connectivity index (χ4n) is 6.42. The van der Waals surface area contributed by atoms with Gasteiger partial charge in [-0.1, -0.05) is 61.2 Å². The van der Waals surface area contributed by atoms with Gasteiger partial charge in [0.2, 0.25) is 10.0 Å². The van der Waals surface area contributed by atoms with Gasteiger partial charge in [0.05, 0.1) is 4.47 Å². The van der Waals surface area contributed by atoms with E-state index in [-0.39, 0.29) is 15.6 Å². The van der Waals surface area contributed by atoms with Gasteiger partial charge in [0.25, 0.3) is 10.0 Å². The second-order valence-electron chi connectivity index (χ2n) is 12.3. The summed E-state index contributed by atoms with van der Waals surface area (Å²) in [5.41, 5.74) is 0.921. The maximum Gasteiger partial charge on any atom is 0.318 e. The van der Waals surface area contributed by atoms with E-state index in [4.69, 9.17) is 11.6 Å². The van der Waals surface area contributed by atoms with Crippen molar-refractivity contribution in [3.8, 4) is 0 Å². The molecule has 16 heteroatoms. The molecule has 48 heavy (non-hydrogen) atoms. The van der Waals surface area contributed by atoms with Gasteiger partial charge in [0, 0.05) is 43.4 Å². The minimum Gasteiger partial charge on any atom is -0.480 e. The molecule has 0 bridgehead atoms. The van der Waals surface area contributed by atoms with E-state index in [1.165, 1.54) is 12.3 Å². The third-order valence-corrected chi connectivity index (χ3v) is 16.4. The fraction of sp³-hybridized carbons (Fsp3) is 0.500. The van der Waals surface area contributed by atoms with Crippen molar-refractivity contribution in [3.05, 3.63) is 67.5 Å². The monoisotopic (exact) mass is 864 g/mol. The van der Waals surface area contributed by atoms with Gasteiger partial charge in [0.1, 0.15) is 25.8 Å². The molecule has 4 heterocycles. The van der Waals surface area contributed by atoms with E-state index in [0.717, 1.165) is 79.2 Å². The Kier molecular flexibility index (Phi) is 13.0. The van der Waals surface area contributed by atoms with E-state index >= 15 is 0 Å². The second kappa shape index (κ2) is 16.6. The summed E-state index contributed by atoms with van der Waals surface area (Å²) in [6, 6.07) is 12.5. The van der Waals surface area contributed by atoms with Crippen LogP contribution in [0.2, 0.25) is 4.34 Å². The molecule has 3 aromatic rings. The van der Waals surface area contributed by atoms with E-state index < -0.39 is 32.6 Å². The normalized spacial score (nSPS) is 17.3. The summed E-state index contributed by atoms with van der Waals surface area (Å²) in [5.74, 6) is 0.579. The van der Waals surface area contributed by atoms with Gasteiger partial charge >= 0.3 is 5.97 Å². The number of aliphatic carboxylic acids is 1. The molecule has 0 radical (unpaired) electrons. The van der Waals surface area contributed by atoms with E-state index in [2.05, 4.69) is 41.7 Å². The Morgan fingerprint density at radius 1 is 0.958 bits per heavy atom. The summed E-state index contributed by atoms with van der Waals surface area (Å²) < 4.78 is 57.4. The third kappa shape index (κ3) is 9.39. The Labute approximate surface area is 308 Å². The highest BCUT2D eigenvalue weighted by Gasteiger charge is 2.32. The number of sulfonamides is 2. The van der Waals surface area contributed by atoms with Crippen LogP contribution in [0.15, 0.2) is 66.7 Å². The third-order valence-electron chi connectivity index (χ3n) is 9.17. The molecule has 5 rings (SSSR count). The molecule has 2 saturated heterocycles. The number of benzene rings is 1. The highest BCUT2D eigenvalue weighted by atomic mass is 79.9. The molecule has 0 amide bonds. The molecule has 0 aliphatic carbocycles. The summed E-state index contributed by atoms with van der Waals surface area (Å²) in [5, 5.41) is 9.42. The molecule has 10 nitrogen and oxygen atoms in total. The van der Waals surface area contributed by atoms with E-state index in [1.54, 1.807) is 10.4 Å². The van der Waals surface area contributed by atoms with Crippen LogP contribution < -0.4 is 4.90 Å². The highest BCUT2D eigenvalue weighted by Crippen LogP contribution is 2.38. The number of carboxylic acid groups (broad SMARTS) is 1. The number of carboxylic acids is 1. The molecule has 2 aliphatic rings. The molecular weight excluding hydrogens is 828 g/mol. The molecule has 2 aliphatic heterocycles. The quantitative estimate of drug-likeness (QED) is 0.182. The van der Waals surface area contributed by atoms with Gasteiger partial charge in [-0.2, -0.15) is 8.61 Å². The lowest BCUT2D eigenvalue weighted by atomic mass is 9.87. The van der Waals surface area contributed by atoms with Crippen molar-refractivity contribution in [2.24, 2.45) is 11.8 Å². The van der Waals surface area contributed by atoms with Crippen LogP contribution in [-0.2, 0) is 31.3 Å². The van der Waals surface area contributed by atoms with Gasteiger partial charge in [-0.05, 0) is 93.5 Å². The highest BCUT2D eigenvalue weighted by molar-refractivity contribution is 9.11. The Hall–Kier alpha value is -1.59. The van der Waals surface area contributed by atoms with Crippen molar-refractivity contribution >= 4 is 86.6 Å². The Bertz CT molecular complexity index is 1760. The first-order valence-electron chi connectivity index (χ1n) is 16.0. The SMILES string of the molecule is O=C(O)CN(CCc1ccccc1)S(=O)(=O)c1cnc(N2CCC(CCCC3CCN(S(=O)(=O)c4cc(Br)c(Cl)s4)CC3)CC2)c(Br)c1. The predicted molar refractivity (Wildman–Crippen MR) is 196 cm³/mol. The second-order valence-corrected chi connectivity index (χ2v) is 19.8. The van der Waals surface area contributed by atoms with Crippen molar-refractivity contribution < 1.29 is 26.7 Å². The lowest BCUT2D eigenvalue weighted by molar-refractivity contribution is -0.137. The first kappa shape index (κ1) is 37.7. The number of nitrogens with zero attached hydrogens (tertiary/aromatic N) is 4. The molecule has 0 unspecified atom stereocenters. The number of carbonyl (C=O) groups is 1. The summed E-state index contributed by atoms with van der Waals surface area (Å²) in [4.78, 5) is 18.2. The number of anilines is 1. The van der Waals surface area contributed by atoms with Crippen molar-refractivity contribution in [2.75, 3.05) is 44.2 Å². The largest absolute Gasteiger partial charge is 0.480 e. The minimum atomic E-state index is -4.09. The number of thiophene rings is 1. The standard InChI is InChI=1S/C32H39Br2ClN4O6S3/c33-27-20-30(46-31(27)35)48(44,45)38-16-11-25(12-17-38)8-4-7-24-9-14-37(15-10-24)32-28(34)19-26(21-36-32)47(42,43)39(22-29(40)41)18-13-23-5-2-1-3-6-23/h1-3,5-6,19-21,24-25H,4,7-18,22H2,(H,40,41).